The number of nitrogens with two attached hydrogens (primary N) is 1. The number of nitrogens with zero attached hydrogens (tertiary/aromatic N) is 2. The number of amides is 1. The highest BCUT2D eigenvalue weighted by Crippen LogP contribution is 2.11. The van der Waals surface area contributed by atoms with E-state index in [0.717, 1.165) is 5.76 Å². The number of rotatable bonds is 4. The average Bonchev–Trinajstić information content (AvgIpc) is 2.85. The van der Waals surface area contributed by atoms with Crippen LogP contribution in [0.1, 0.15) is 17.1 Å². The predicted molar refractivity (Wildman–Crippen MR) is 63.3 cm³/mol. The molecule has 0 unspecified atom stereocenters. The molecule has 2 aromatic heterocycles. The van der Waals surface area contributed by atoms with Gasteiger partial charge in [-0.25, -0.2) is 4.98 Å². The van der Waals surface area contributed by atoms with E-state index in [2.05, 4.69) is 15.5 Å². The number of nitrogens with one attached hydrogen (secondary N) is 1. The van der Waals surface area contributed by atoms with E-state index in [9.17, 15) is 4.79 Å². The standard InChI is InChI=1S/C10H12N4O2S/c1-6-2-7(14-16-6)4-12-9(15)3-8-5-17-10(11)13-8/h2,5H,3-4H2,1H3,(H2,11,13)(H,12,15). The Morgan fingerprint density at radius 1 is 1.59 bits per heavy atom. The van der Waals surface area contributed by atoms with E-state index >= 15 is 0 Å². The van der Waals surface area contributed by atoms with Gasteiger partial charge in [0.05, 0.1) is 18.7 Å². The normalized spacial score (nSPS) is 10.4. The van der Waals surface area contributed by atoms with E-state index in [1.807, 2.05) is 0 Å². The van der Waals surface area contributed by atoms with Crippen molar-refractivity contribution >= 4 is 22.4 Å². The van der Waals surface area contributed by atoms with Crippen LogP contribution >= 0.6 is 11.3 Å². The van der Waals surface area contributed by atoms with Crippen molar-refractivity contribution in [2.45, 2.75) is 19.9 Å². The van der Waals surface area contributed by atoms with Crippen molar-refractivity contribution in [1.82, 2.24) is 15.5 Å². The van der Waals surface area contributed by atoms with E-state index < -0.39 is 0 Å². The van der Waals surface area contributed by atoms with Gasteiger partial charge in [0, 0.05) is 11.4 Å². The minimum Gasteiger partial charge on any atom is -0.375 e. The number of nitrogen functional groups attached to an aromatic ring is 1. The van der Waals surface area contributed by atoms with Crippen LogP contribution in [0, 0.1) is 6.92 Å². The van der Waals surface area contributed by atoms with E-state index in [0.29, 0.717) is 23.1 Å². The van der Waals surface area contributed by atoms with Crippen molar-refractivity contribution in [2.24, 2.45) is 0 Å². The van der Waals surface area contributed by atoms with Crippen LogP contribution in [0.2, 0.25) is 0 Å². The third-order valence-electron chi connectivity index (χ3n) is 2.05. The molecule has 0 aliphatic rings. The second kappa shape index (κ2) is 4.96. The molecule has 0 bridgehead atoms. The van der Waals surface area contributed by atoms with Crippen LogP contribution in [0.4, 0.5) is 5.13 Å². The topological polar surface area (TPSA) is 94.0 Å². The fourth-order valence-corrected chi connectivity index (χ4v) is 1.88. The van der Waals surface area contributed by atoms with Gasteiger partial charge < -0.3 is 15.6 Å². The fourth-order valence-electron chi connectivity index (χ4n) is 1.32. The minimum absolute atomic E-state index is 0.115. The second-order valence-electron chi connectivity index (χ2n) is 3.56. The number of carbonyl (C=O) groups excluding carboxylic acids is 1. The van der Waals surface area contributed by atoms with Crippen molar-refractivity contribution < 1.29 is 9.32 Å². The summed E-state index contributed by atoms with van der Waals surface area (Å²) in [5, 5.41) is 8.75. The summed E-state index contributed by atoms with van der Waals surface area (Å²) in [4.78, 5) is 15.6. The molecule has 0 aliphatic carbocycles. The molecule has 2 heterocycles. The maximum atomic E-state index is 11.6. The van der Waals surface area contributed by atoms with Crippen molar-refractivity contribution in [3.8, 4) is 0 Å². The zero-order valence-electron chi connectivity index (χ0n) is 9.27. The Balaban J connectivity index is 1.82. The molecule has 2 rings (SSSR count). The van der Waals surface area contributed by atoms with Gasteiger partial charge in [-0.2, -0.15) is 0 Å². The third-order valence-corrected chi connectivity index (χ3v) is 2.78. The molecule has 0 atom stereocenters. The van der Waals surface area contributed by atoms with Crippen LogP contribution in [0.5, 0.6) is 0 Å². The van der Waals surface area contributed by atoms with Crippen LogP contribution in [0.15, 0.2) is 16.0 Å². The Kier molecular flexibility index (Phi) is 3.38. The van der Waals surface area contributed by atoms with Gasteiger partial charge in [-0.15, -0.1) is 11.3 Å². The minimum atomic E-state index is -0.115. The van der Waals surface area contributed by atoms with E-state index in [1.54, 1.807) is 18.4 Å². The molecule has 0 radical (unpaired) electrons. The van der Waals surface area contributed by atoms with Gasteiger partial charge >= 0.3 is 0 Å². The molecule has 0 aliphatic heterocycles. The monoisotopic (exact) mass is 252 g/mol. The van der Waals surface area contributed by atoms with Crippen LogP contribution in [0.3, 0.4) is 0 Å². The Morgan fingerprint density at radius 3 is 3.00 bits per heavy atom. The lowest BCUT2D eigenvalue weighted by atomic mass is 10.3. The van der Waals surface area contributed by atoms with Crippen molar-refractivity contribution in [3.63, 3.8) is 0 Å². The van der Waals surface area contributed by atoms with Crippen molar-refractivity contribution in [3.05, 3.63) is 28.6 Å². The summed E-state index contributed by atoms with van der Waals surface area (Å²) in [6, 6.07) is 1.78. The first-order valence-electron chi connectivity index (χ1n) is 5.02. The molecular formula is C10H12N4O2S. The Morgan fingerprint density at radius 2 is 2.41 bits per heavy atom. The lowest BCUT2D eigenvalue weighted by Gasteiger charge is -2.00. The Bertz CT molecular complexity index is 520. The van der Waals surface area contributed by atoms with Crippen molar-refractivity contribution in [2.75, 3.05) is 5.73 Å². The van der Waals surface area contributed by atoms with Gasteiger partial charge in [0.25, 0.3) is 0 Å². The molecular weight excluding hydrogens is 240 g/mol. The molecule has 0 saturated carbocycles. The lowest BCUT2D eigenvalue weighted by Crippen LogP contribution is -2.24. The first-order valence-corrected chi connectivity index (χ1v) is 5.90. The number of aromatic nitrogens is 2. The smallest absolute Gasteiger partial charge is 0.226 e. The first kappa shape index (κ1) is 11.6. The van der Waals surface area contributed by atoms with Crippen LogP contribution in [-0.2, 0) is 17.8 Å². The van der Waals surface area contributed by atoms with Crippen molar-refractivity contribution in [1.29, 1.82) is 0 Å². The molecule has 1 amide bonds. The summed E-state index contributed by atoms with van der Waals surface area (Å²) in [5.74, 6) is 0.609. The summed E-state index contributed by atoms with van der Waals surface area (Å²) < 4.78 is 4.89. The Hall–Kier alpha value is -1.89. The maximum absolute atomic E-state index is 11.6. The number of carbonyl (C=O) groups is 1. The molecule has 0 saturated heterocycles. The van der Waals surface area contributed by atoms with E-state index in [1.165, 1.54) is 11.3 Å². The van der Waals surface area contributed by atoms with Crippen LogP contribution < -0.4 is 11.1 Å². The first-order chi connectivity index (χ1) is 8.13. The summed E-state index contributed by atoms with van der Waals surface area (Å²) >= 11 is 1.32. The zero-order chi connectivity index (χ0) is 12.3. The average molecular weight is 252 g/mol. The molecule has 0 spiro atoms. The molecule has 7 heteroatoms. The summed E-state index contributed by atoms with van der Waals surface area (Å²) in [6.45, 7) is 2.16. The van der Waals surface area contributed by atoms with Crippen LogP contribution in [-0.4, -0.2) is 16.0 Å². The molecule has 2 aromatic rings. The number of hydrogen-bond acceptors (Lipinski definition) is 6. The largest absolute Gasteiger partial charge is 0.375 e. The number of hydrogen-bond donors (Lipinski definition) is 2. The SMILES string of the molecule is Cc1cc(CNC(=O)Cc2csc(N)n2)no1. The highest BCUT2D eigenvalue weighted by atomic mass is 32.1. The fraction of sp³-hybridized carbons (Fsp3) is 0.300. The Labute approximate surface area is 102 Å². The van der Waals surface area contributed by atoms with E-state index in [-0.39, 0.29) is 12.3 Å². The van der Waals surface area contributed by atoms with Gasteiger partial charge in [0.1, 0.15) is 11.5 Å². The number of thiazole rings is 1. The third kappa shape index (κ3) is 3.28. The second-order valence-corrected chi connectivity index (χ2v) is 4.45. The number of aryl methyl sites for hydroxylation is 1. The van der Waals surface area contributed by atoms with Crippen LogP contribution in [0.25, 0.3) is 0 Å². The molecule has 6 nitrogen and oxygen atoms in total. The van der Waals surface area contributed by atoms with Gasteiger partial charge in [-0.3, -0.25) is 4.79 Å². The highest BCUT2D eigenvalue weighted by Gasteiger charge is 2.07. The molecule has 90 valence electrons. The van der Waals surface area contributed by atoms with E-state index in [4.69, 9.17) is 10.3 Å². The lowest BCUT2D eigenvalue weighted by molar-refractivity contribution is -0.120. The molecule has 0 aromatic carbocycles. The summed E-state index contributed by atoms with van der Waals surface area (Å²) in [7, 11) is 0. The molecule has 17 heavy (non-hydrogen) atoms. The van der Waals surface area contributed by atoms with Gasteiger partial charge in [0.2, 0.25) is 5.91 Å². The van der Waals surface area contributed by atoms with Gasteiger partial charge in [-0.05, 0) is 6.92 Å². The summed E-state index contributed by atoms with van der Waals surface area (Å²) in [6.07, 6.45) is 0.227. The highest BCUT2D eigenvalue weighted by molar-refractivity contribution is 7.13. The number of anilines is 1. The quantitative estimate of drug-likeness (QED) is 0.842. The van der Waals surface area contributed by atoms with Gasteiger partial charge in [0.15, 0.2) is 5.13 Å². The predicted octanol–water partition coefficient (Wildman–Crippen LogP) is 0.881. The maximum Gasteiger partial charge on any atom is 0.226 e. The molecule has 0 fully saturated rings. The summed E-state index contributed by atoms with van der Waals surface area (Å²) in [5.41, 5.74) is 6.86. The molecule has 3 N–H and O–H groups in total. The zero-order valence-corrected chi connectivity index (χ0v) is 10.1. The van der Waals surface area contributed by atoms with Gasteiger partial charge in [-0.1, -0.05) is 5.16 Å².